The van der Waals surface area contributed by atoms with Gasteiger partial charge in [0.2, 0.25) is 0 Å². The molecule has 0 N–H and O–H groups in total. The molecule has 6 nitrogen and oxygen atoms in total. The van der Waals surface area contributed by atoms with Crippen molar-refractivity contribution in [3.05, 3.63) is 54.4 Å². The average Bonchev–Trinajstić information content (AvgIpc) is 3.00. The maximum Gasteiger partial charge on any atom is 0.180 e. The molecule has 3 rings (SSSR count). The van der Waals surface area contributed by atoms with Crippen LogP contribution in [0.2, 0.25) is 0 Å². The number of aromatic nitrogens is 5. The van der Waals surface area contributed by atoms with E-state index in [1.807, 2.05) is 49.1 Å². The molecular formula is C17H20N6. The van der Waals surface area contributed by atoms with Crippen molar-refractivity contribution in [2.45, 2.75) is 19.9 Å². The van der Waals surface area contributed by atoms with Crippen molar-refractivity contribution in [3.8, 4) is 11.5 Å². The molecule has 0 radical (unpaired) electrons. The Morgan fingerprint density at radius 2 is 2.00 bits per heavy atom. The average molecular weight is 308 g/mol. The highest BCUT2D eigenvalue weighted by atomic mass is 15.2. The molecule has 0 saturated heterocycles. The first kappa shape index (κ1) is 15.1. The van der Waals surface area contributed by atoms with Crippen molar-refractivity contribution >= 4 is 5.82 Å². The van der Waals surface area contributed by atoms with E-state index < -0.39 is 0 Å². The van der Waals surface area contributed by atoms with Gasteiger partial charge in [-0.2, -0.15) is 0 Å². The lowest BCUT2D eigenvalue weighted by atomic mass is 10.2. The molecule has 3 aromatic heterocycles. The topological polar surface area (TPSA) is 59.7 Å². The van der Waals surface area contributed by atoms with Crippen LogP contribution in [0.15, 0.2) is 42.9 Å². The molecule has 0 atom stereocenters. The van der Waals surface area contributed by atoms with Crippen molar-refractivity contribution < 1.29 is 0 Å². The molecule has 0 amide bonds. The first-order chi connectivity index (χ1) is 11.2. The van der Waals surface area contributed by atoms with E-state index in [1.165, 1.54) is 0 Å². The van der Waals surface area contributed by atoms with E-state index >= 15 is 0 Å². The summed E-state index contributed by atoms with van der Waals surface area (Å²) in [5, 5.41) is 0. The van der Waals surface area contributed by atoms with Crippen LogP contribution in [0.4, 0.5) is 5.82 Å². The Balaban J connectivity index is 1.94. The summed E-state index contributed by atoms with van der Waals surface area (Å²) in [5.41, 5.74) is 1.79. The van der Waals surface area contributed by atoms with E-state index in [4.69, 9.17) is 0 Å². The van der Waals surface area contributed by atoms with Gasteiger partial charge < -0.3 is 9.47 Å². The van der Waals surface area contributed by atoms with Crippen LogP contribution < -0.4 is 4.90 Å². The van der Waals surface area contributed by atoms with Gasteiger partial charge in [0.05, 0.1) is 6.54 Å². The predicted molar refractivity (Wildman–Crippen MR) is 90.0 cm³/mol. The second-order valence-electron chi connectivity index (χ2n) is 5.42. The number of hydrogen-bond donors (Lipinski definition) is 0. The van der Waals surface area contributed by atoms with E-state index in [1.54, 1.807) is 12.4 Å². The number of nitrogens with zero attached hydrogens (tertiary/aromatic N) is 6. The standard InChI is InChI=1S/C17H20N6/c1-4-13-11-15(23(3)12-16-19-9-10-22(16)2)21-17(20-13)14-7-5-6-8-18-14/h5-11H,4,12H2,1-3H3. The smallest absolute Gasteiger partial charge is 0.180 e. The van der Waals surface area contributed by atoms with Crippen LogP contribution in [0.1, 0.15) is 18.4 Å². The van der Waals surface area contributed by atoms with Crippen LogP contribution in [0, 0.1) is 0 Å². The van der Waals surface area contributed by atoms with Gasteiger partial charge in [0.1, 0.15) is 17.3 Å². The highest BCUT2D eigenvalue weighted by molar-refractivity contribution is 5.53. The van der Waals surface area contributed by atoms with Gasteiger partial charge in [-0.05, 0) is 18.6 Å². The molecule has 0 aromatic carbocycles. The van der Waals surface area contributed by atoms with E-state index in [-0.39, 0.29) is 0 Å². The van der Waals surface area contributed by atoms with Gasteiger partial charge in [0.25, 0.3) is 0 Å². The fourth-order valence-electron chi connectivity index (χ4n) is 2.31. The normalized spacial score (nSPS) is 10.7. The summed E-state index contributed by atoms with van der Waals surface area (Å²) < 4.78 is 2.01. The zero-order valence-electron chi connectivity index (χ0n) is 13.6. The Morgan fingerprint density at radius 3 is 2.65 bits per heavy atom. The molecule has 3 aromatic rings. The molecule has 0 aliphatic heterocycles. The Labute approximate surface area is 135 Å². The number of pyridine rings is 1. The van der Waals surface area contributed by atoms with Gasteiger partial charge in [0, 0.05) is 44.4 Å². The molecular weight excluding hydrogens is 288 g/mol. The van der Waals surface area contributed by atoms with Crippen molar-refractivity contribution in [3.63, 3.8) is 0 Å². The highest BCUT2D eigenvalue weighted by Crippen LogP contribution is 2.19. The van der Waals surface area contributed by atoms with Gasteiger partial charge >= 0.3 is 0 Å². The lowest BCUT2D eigenvalue weighted by Gasteiger charge is -2.19. The number of anilines is 1. The zero-order valence-corrected chi connectivity index (χ0v) is 13.6. The Morgan fingerprint density at radius 1 is 1.13 bits per heavy atom. The maximum absolute atomic E-state index is 4.68. The van der Waals surface area contributed by atoms with Crippen molar-refractivity contribution in [1.82, 2.24) is 24.5 Å². The summed E-state index contributed by atoms with van der Waals surface area (Å²) in [4.78, 5) is 20.1. The summed E-state index contributed by atoms with van der Waals surface area (Å²) >= 11 is 0. The van der Waals surface area contributed by atoms with Crippen LogP contribution in [-0.4, -0.2) is 31.6 Å². The molecule has 23 heavy (non-hydrogen) atoms. The lowest BCUT2D eigenvalue weighted by molar-refractivity contribution is 0.753. The van der Waals surface area contributed by atoms with Crippen LogP contribution in [-0.2, 0) is 20.0 Å². The van der Waals surface area contributed by atoms with Gasteiger partial charge in [-0.25, -0.2) is 15.0 Å². The molecule has 0 bridgehead atoms. The van der Waals surface area contributed by atoms with Gasteiger partial charge in [-0.15, -0.1) is 0 Å². The van der Waals surface area contributed by atoms with Gasteiger partial charge in [-0.1, -0.05) is 13.0 Å². The fraction of sp³-hybridized carbons (Fsp3) is 0.294. The minimum atomic E-state index is 0.659. The van der Waals surface area contributed by atoms with Crippen LogP contribution >= 0.6 is 0 Å². The third-order valence-corrected chi connectivity index (χ3v) is 3.71. The number of imidazole rings is 1. The zero-order chi connectivity index (χ0) is 16.2. The molecule has 0 unspecified atom stereocenters. The quantitative estimate of drug-likeness (QED) is 0.724. The molecule has 118 valence electrons. The Kier molecular flexibility index (Phi) is 4.32. The third-order valence-electron chi connectivity index (χ3n) is 3.71. The van der Waals surface area contributed by atoms with Gasteiger partial charge in [0.15, 0.2) is 5.82 Å². The Hall–Kier alpha value is -2.76. The van der Waals surface area contributed by atoms with Crippen LogP contribution in [0.5, 0.6) is 0 Å². The first-order valence-corrected chi connectivity index (χ1v) is 7.64. The second-order valence-corrected chi connectivity index (χ2v) is 5.42. The monoisotopic (exact) mass is 308 g/mol. The maximum atomic E-state index is 4.68. The minimum Gasteiger partial charge on any atom is -0.352 e. The minimum absolute atomic E-state index is 0.659. The van der Waals surface area contributed by atoms with E-state index in [2.05, 4.69) is 31.8 Å². The highest BCUT2D eigenvalue weighted by Gasteiger charge is 2.12. The Bertz CT molecular complexity index is 781. The van der Waals surface area contributed by atoms with Crippen molar-refractivity contribution in [1.29, 1.82) is 0 Å². The van der Waals surface area contributed by atoms with Crippen molar-refractivity contribution in [2.75, 3.05) is 11.9 Å². The largest absolute Gasteiger partial charge is 0.352 e. The summed E-state index contributed by atoms with van der Waals surface area (Å²) in [6.07, 6.45) is 6.36. The fourth-order valence-corrected chi connectivity index (χ4v) is 2.31. The molecule has 0 spiro atoms. The van der Waals surface area contributed by atoms with E-state index in [0.29, 0.717) is 12.4 Å². The second kappa shape index (κ2) is 6.56. The number of aryl methyl sites for hydroxylation is 2. The summed E-state index contributed by atoms with van der Waals surface area (Å²) in [5.74, 6) is 2.52. The lowest BCUT2D eigenvalue weighted by Crippen LogP contribution is -2.21. The summed E-state index contributed by atoms with van der Waals surface area (Å²) in [7, 11) is 4.01. The number of rotatable bonds is 5. The van der Waals surface area contributed by atoms with Gasteiger partial charge in [-0.3, -0.25) is 4.98 Å². The molecule has 3 heterocycles. The van der Waals surface area contributed by atoms with E-state index in [0.717, 1.165) is 29.5 Å². The van der Waals surface area contributed by atoms with Crippen LogP contribution in [0.25, 0.3) is 11.5 Å². The van der Waals surface area contributed by atoms with Crippen molar-refractivity contribution in [2.24, 2.45) is 7.05 Å². The SMILES string of the molecule is CCc1cc(N(C)Cc2nccn2C)nc(-c2ccccn2)n1. The van der Waals surface area contributed by atoms with E-state index in [9.17, 15) is 0 Å². The predicted octanol–water partition coefficient (Wildman–Crippen LogP) is 2.47. The molecule has 0 aliphatic rings. The van der Waals surface area contributed by atoms with Crippen LogP contribution in [0.3, 0.4) is 0 Å². The molecule has 0 aliphatic carbocycles. The molecule has 6 heteroatoms. The first-order valence-electron chi connectivity index (χ1n) is 7.64. The molecule has 0 saturated carbocycles. The summed E-state index contributed by atoms with van der Waals surface area (Å²) in [6, 6.07) is 7.79. The number of hydrogen-bond acceptors (Lipinski definition) is 5. The summed E-state index contributed by atoms with van der Waals surface area (Å²) in [6.45, 7) is 2.78. The third kappa shape index (κ3) is 3.36. The molecule has 0 fully saturated rings.